The Kier molecular flexibility index (Phi) is 5.11. The van der Waals surface area contributed by atoms with E-state index in [1.807, 2.05) is 24.4 Å². The molecule has 0 spiro atoms. The molecule has 128 valence electrons. The summed E-state index contributed by atoms with van der Waals surface area (Å²) in [6.07, 6.45) is 8.35. The van der Waals surface area contributed by atoms with Crippen LogP contribution in [-0.4, -0.2) is 24.5 Å². The van der Waals surface area contributed by atoms with Crippen LogP contribution in [0.1, 0.15) is 31.7 Å². The minimum Gasteiger partial charge on any atom is -0.481 e. The molecule has 0 fully saturated rings. The molecule has 2 aromatic rings. The summed E-state index contributed by atoms with van der Waals surface area (Å²) in [5.74, 6) is -0.312. The van der Waals surface area contributed by atoms with Crippen molar-refractivity contribution < 1.29 is 14.1 Å². The van der Waals surface area contributed by atoms with E-state index in [4.69, 9.17) is 16.7 Å². The zero-order chi connectivity index (χ0) is 17.3. The number of fused-ring (bicyclic) bond motifs is 1. The van der Waals surface area contributed by atoms with Gasteiger partial charge in [0, 0.05) is 23.0 Å². The lowest BCUT2D eigenvalue weighted by molar-refractivity contribution is -0.136. The van der Waals surface area contributed by atoms with E-state index in [9.17, 15) is 9.00 Å². The number of benzene rings is 1. The molecule has 1 aromatic heterocycles. The Labute approximate surface area is 148 Å². The summed E-state index contributed by atoms with van der Waals surface area (Å²) < 4.78 is 14.8. The number of hydrogen-bond donors (Lipinski definition) is 1. The molecular formula is C18H20ClNO3S. The lowest BCUT2D eigenvalue weighted by Gasteiger charge is -2.20. The fourth-order valence-electron chi connectivity index (χ4n) is 3.08. The number of carboxylic acids is 1. The van der Waals surface area contributed by atoms with Crippen molar-refractivity contribution in [2.45, 2.75) is 37.9 Å². The van der Waals surface area contributed by atoms with Crippen LogP contribution >= 0.6 is 11.6 Å². The summed E-state index contributed by atoms with van der Waals surface area (Å²) in [5, 5.41) is 10.4. The van der Waals surface area contributed by atoms with Crippen LogP contribution in [0, 0.1) is 5.92 Å². The van der Waals surface area contributed by atoms with Gasteiger partial charge in [-0.15, -0.1) is 0 Å². The van der Waals surface area contributed by atoms with Crippen molar-refractivity contribution in [2.75, 3.05) is 0 Å². The Balaban J connectivity index is 1.99. The van der Waals surface area contributed by atoms with Crippen LogP contribution in [-0.2, 0) is 22.2 Å². The molecule has 0 bridgehead atoms. The van der Waals surface area contributed by atoms with Crippen molar-refractivity contribution in [3.63, 3.8) is 0 Å². The topological polar surface area (TPSA) is 59.3 Å². The normalized spacial score (nSPS) is 21.9. The summed E-state index contributed by atoms with van der Waals surface area (Å²) in [6, 6.07) is 5.45. The Morgan fingerprint density at radius 3 is 2.83 bits per heavy atom. The molecule has 3 atom stereocenters. The van der Waals surface area contributed by atoms with E-state index in [0.717, 1.165) is 29.3 Å². The molecule has 4 nitrogen and oxygen atoms in total. The SMILES string of the molecule is C[C@H]1C=CC(S(=O)n2cc(CCC(=O)O)c3cc(Cl)ccc32)CC1. The second-order valence-electron chi connectivity index (χ2n) is 6.29. The number of aryl methyl sites for hydroxylation is 1. The Morgan fingerprint density at radius 2 is 2.17 bits per heavy atom. The van der Waals surface area contributed by atoms with Crippen LogP contribution in [0.15, 0.2) is 36.5 Å². The van der Waals surface area contributed by atoms with Gasteiger partial charge >= 0.3 is 5.97 Å². The number of carbonyl (C=O) groups is 1. The first-order valence-corrected chi connectivity index (χ1v) is 9.61. The van der Waals surface area contributed by atoms with E-state index in [-0.39, 0.29) is 11.7 Å². The Morgan fingerprint density at radius 1 is 1.38 bits per heavy atom. The maximum absolute atomic E-state index is 13.0. The number of allylic oxidation sites excluding steroid dienone is 1. The van der Waals surface area contributed by atoms with Gasteiger partial charge in [0.25, 0.3) is 0 Å². The molecular weight excluding hydrogens is 346 g/mol. The van der Waals surface area contributed by atoms with Crippen molar-refractivity contribution in [2.24, 2.45) is 5.92 Å². The van der Waals surface area contributed by atoms with Gasteiger partial charge in [0.15, 0.2) is 0 Å². The second-order valence-corrected chi connectivity index (χ2v) is 8.28. The molecule has 24 heavy (non-hydrogen) atoms. The molecule has 1 N–H and O–H groups in total. The summed E-state index contributed by atoms with van der Waals surface area (Å²) >= 11 is 6.09. The Bertz CT molecular complexity index is 827. The molecule has 6 heteroatoms. The van der Waals surface area contributed by atoms with Crippen LogP contribution in [0.2, 0.25) is 5.02 Å². The zero-order valence-electron chi connectivity index (χ0n) is 13.4. The molecule has 2 unspecified atom stereocenters. The maximum atomic E-state index is 13.0. The third-order valence-electron chi connectivity index (χ3n) is 4.44. The molecule has 1 aromatic carbocycles. The second kappa shape index (κ2) is 7.11. The predicted molar refractivity (Wildman–Crippen MR) is 97.8 cm³/mol. The van der Waals surface area contributed by atoms with Crippen molar-refractivity contribution in [3.05, 3.63) is 47.1 Å². The quantitative estimate of drug-likeness (QED) is 0.808. The number of rotatable bonds is 5. The summed E-state index contributed by atoms with van der Waals surface area (Å²) in [6.45, 7) is 2.16. The highest BCUT2D eigenvalue weighted by molar-refractivity contribution is 7.84. The van der Waals surface area contributed by atoms with E-state index in [0.29, 0.717) is 17.4 Å². The van der Waals surface area contributed by atoms with Gasteiger partial charge < -0.3 is 5.11 Å². The van der Waals surface area contributed by atoms with Crippen molar-refractivity contribution in [1.29, 1.82) is 0 Å². The van der Waals surface area contributed by atoms with Crippen molar-refractivity contribution in [3.8, 4) is 0 Å². The number of nitrogens with zero attached hydrogens (tertiary/aromatic N) is 1. The zero-order valence-corrected chi connectivity index (χ0v) is 15.0. The van der Waals surface area contributed by atoms with Crippen LogP contribution in [0.25, 0.3) is 10.9 Å². The molecule has 1 heterocycles. The first kappa shape index (κ1) is 17.2. The largest absolute Gasteiger partial charge is 0.481 e. The molecule has 0 amide bonds. The van der Waals surface area contributed by atoms with Gasteiger partial charge in [-0.05, 0) is 48.9 Å². The fourth-order valence-corrected chi connectivity index (χ4v) is 4.69. The molecule has 0 radical (unpaired) electrons. The molecule has 1 aliphatic rings. The summed E-state index contributed by atoms with van der Waals surface area (Å²) in [7, 11) is -1.22. The lowest BCUT2D eigenvalue weighted by atomic mass is 9.98. The minimum atomic E-state index is -1.22. The van der Waals surface area contributed by atoms with E-state index in [1.165, 1.54) is 0 Å². The Hall–Kier alpha value is -1.59. The van der Waals surface area contributed by atoms with Crippen LogP contribution in [0.3, 0.4) is 0 Å². The van der Waals surface area contributed by atoms with Gasteiger partial charge in [-0.2, -0.15) is 0 Å². The number of aliphatic carboxylic acids is 1. The third kappa shape index (κ3) is 3.57. The highest BCUT2D eigenvalue weighted by atomic mass is 35.5. The summed E-state index contributed by atoms with van der Waals surface area (Å²) in [4.78, 5) is 10.9. The predicted octanol–water partition coefficient (Wildman–Crippen LogP) is 4.18. The van der Waals surface area contributed by atoms with Gasteiger partial charge in [0.1, 0.15) is 11.0 Å². The average molecular weight is 366 g/mol. The molecule has 0 aliphatic heterocycles. The summed E-state index contributed by atoms with van der Waals surface area (Å²) in [5.41, 5.74) is 1.71. The number of halogens is 1. The van der Waals surface area contributed by atoms with Crippen molar-refractivity contribution in [1.82, 2.24) is 3.97 Å². The van der Waals surface area contributed by atoms with E-state index < -0.39 is 17.0 Å². The van der Waals surface area contributed by atoms with Gasteiger partial charge in [-0.3, -0.25) is 8.77 Å². The first-order chi connectivity index (χ1) is 11.5. The van der Waals surface area contributed by atoms with E-state index in [1.54, 1.807) is 10.0 Å². The fraction of sp³-hybridized carbons (Fsp3) is 0.389. The van der Waals surface area contributed by atoms with Crippen LogP contribution < -0.4 is 0 Å². The molecule has 1 aliphatic carbocycles. The van der Waals surface area contributed by atoms with Gasteiger partial charge in [0.05, 0.1) is 10.8 Å². The van der Waals surface area contributed by atoms with Crippen molar-refractivity contribution >= 4 is 39.5 Å². The standard InChI is InChI=1S/C18H20ClNO3S/c1-12-2-6-15(7-3-12)24(23)20-11-13(4-9-18(21)22)16-10-14(19)5-8-17(16)20/h2,5-6,8,10-12,15H,3-4,7,9H2,1H3,(H,21,22)/t12-,15?,24?/m0/s1. The minimum absolute atomic E-state index is 0.0141. The van der Waals surface area contributed by atoms with E-state index in [2.05, 4.69) is 13.0 Å². The van der Waals surface area contributed by atoms with E-state index >= 15 is 0 Å². The average Bonchev–Trinajstić information content (AvgIpc) is 2.91. The van der Waals surface area contributed by atoms with Gasteiger partial charge in [-0.1, -0.05) is 30.7 Å². The molecule has 3 rings (SSSR count). The smallest absolute Gasteiger partial charge is 0.303 e. The number of aromatic nitrogens is 1. The monoisotopic (exact) mass is 365 g/mol. The van der Waals surface area contributed by atoms with Gasteiger partial charge in [-0.25, -0.2) is 4.21 Å². The maximum Gasteiger partial charge on any atom is 0.303 e. The number of carboxylic acid groups (broad SMARTS) is 1. The lowest BCUT2D eigenvalue weighted by Crippen LogP contribution is -2.22. The molecule has 0 saturated heterocycles. The third-order valence-corrected chi connectivity index (χ3v) is 6.27. The first-order valence-electron chi connectivity index (χ1n) is 8.06. The highest BCUT2D eigenvalue weighted by Gasteiger charge is 2.22. The molecule has 0 saturated carbocycles. The van der Waals surface area contributed by atoms with Gasteiger partial charge in [0.2, 0.25) is 0 Å². The van der Waals surface area contributed by atoms with Crippen LogP contribution in [0.5, 0.6) is 0 Å². The van der Waals surface area contributed by atoms with Crippen LogP contribution in [0.4, 0.5) is 0 Å². The highest BCUT2D eigenvalue weighted by Crippen LogP contribution is 2.29. The number of hydrogen-bond acceptors (Lipinski definition) is 2.